The molecule has 0 saturated carbocycles. The molecule has 1 rings (SSSR count). The zero-order chi connectivity index (χ0) is 13.5. The number of pyridine rings is 1. The van der Waals surface area contributed by atoms with Gasteiger partial charge in [-0.3, -0.25) is 0 Å². The molecule has 102 valence electrons. The van der Waals surface area contributed by atoms with Crippen LogP contribution >= 0.6 is 11.8 Å². The molecular weight excluding hydrogens is 244 g/mol. The van der Waals surface area contributed by atoms with Gasteiger partial charge in [0.05, 0.1) is 12.3 Å². The van der Waals surface area contributed by atoms with E-state index in [2.05, 4.69) is 32.7 Å². The van der Waals surface area contributed by atoms with Crippen LogP contribution < -0.4 is 10.5 Å². The van der Waals surface area contributed by atoms with Crippen molar-refractivity contribution in [3.05, 3.63) is 12.1 Å². The van der Waals surface area contributed by atoms with Crippen LogP contribution in [0.5, 0.6) is 5.88 Å². The highest BCUT2D eigenvalue weighted by molar-refractivity contribution is 7.99. The first-order chi connectivity index (χ1) is 8.49. The number of rotatable bonds is 7. The predicted octanol–water partition coefficient (Wildman–Crippen LogP) is 3.84. The third-order valence-corrected chi connectivity index (χ3v) is 3.33. The van der Waals surface area contributed by atoms with Crippen LogP contribution in [0.15, 0.2) is 17.2 Å². The molecule has 0 atom stereocenters. The average Bonchev–Trinajstić information content (AvgIpc) is 2.29. The summed E-state index contributed by atoms with van der Waals surface area (Å²) < 4.78 is 5.62. The van der Waals surface area contributed by atoms with Gasteiger partial charge in [-0.25, -0.2) is 4.98 Å². The van der Waals surface area contributed by atoms with E-state index >= 15 is 0 Å². The molecule has 0 spiro atoms. The smallest absolute Gasteiger partial charge is 0.238 e. The Morgan fingerprint density at radius 1 is 1.22 bits per heavy atom. The van der Waals surface area contributed by atoms with Gasteiger partial charge in [-0.05, 0) is 36.1 Å². The number of nitrogens with two attached hydrogens (primary N) is 1. The third-order valence-electron chi connectivity index (χ3n) is 2.36. The van der Waals surface area contributed by atoms with E-state index in [1.165, 1.54) is 6.42 Å². The minimum Gasteiger partial charge on any atom is -0.476 e. The summed E-state index contributed by atoms with van der Waals surface area (Å²) in [7, 11) is 0. The Kier molecular flexibility index (Phi) is 6.33. The SMILES string of the molecule is CC(C)CCSc1ccc(N)c(OCC(C)C)n1. The van der Waals surface area contributed by atoms with E-state index in [4.69, 9.17) is 10.5 Å². The van der Waals surface area contributed by atoms with Crippen molar-refractivity contribution in [2.24, 2.45) is 11.8 Å². The van der Waals surface area contributed by atoms with E-state index in [1.54, 1.807) is 11.8 Å². The molecule has 0 aliphatic heterocycles. The maximum atomic E-state index is 5.86. The molecule has 0 amide bonds. The minimum atomic E-state index is 0.475. The summed E-state index contributed by atoms with van der Waals surface area (Å²) in [4.78, 5) is 4.46. The lowest BCUT2D eigenvalue weighted by molar-refractivity contribution is 0.261. The fourth-order valence-electron chi connectivity index (χ4n) is 1.28. The lowest BCUT2D eigenvalue weighted by atomic mass is 10.2. The van der Waals surface area contributed by atoms with E-state index in [9.17, 15) is 0 Å². The molecule has 4 heteroatoms. The summed E-state index contributed by atoms with van der Waals surface area (Å²) in [6.07, 6.45) is 1.19. The first-order valence-corrected chi connectivity index (χ1v) is 7.49. The average molecular weight is 268 g/mol. The van der Waals surface area contributed by atoms with Crippen molar-refractivity contribution in [1.29, 1.82) is 0 Å². The Bertz CT molecular complexity index is 367. The van der Waals surface area contributed by atoms with Crippen molar-refractivity contribution >= 4 is 17.4 Å². The quantitative estimate of drug-likeness (QED) is 0.763. The van der Waals surface area contributed by atoms with Crippen molar-refractivity contribution < 1.29 is 4.74 Å². The number of nitrogen functional groups attached to an aromatic ring is 1. The summed E-state index contributed by atoms with van der Waals surface area (Å²) in [5.74, 6) is 2.85. The summed E-state index contributed by atoms with van der Waals surface area (Å²) in [5.41, 5.74) is 6.47. The summed E-state index contributed by atoms with van der Waals surface area (Å²) >= 11 is 1.76. The van der Waals surface area contributed by atoms with Gasteiger partial charge in [-0.2, -0.15) is 0 Å². The van der Waals surface area contributed by atoms with Crippen LogP contribution in [0.4, 0.5) is 5.69 Å². The first-order valence-electron chi connectivity index (χ1n) is 6.51. The predicted molar refractivity (Wildman–Crippen MR) is 79.2 cm³/mol. The van der Waals surface area contributed by atoms with Gasteiger partial charge in [-0.15, -0.1) is 11.8 Å². The van der Waals surface area contributed by atoms with Crippen molar-refractivity contribution in [3.63, 3.8) is 0 Å². The van der Waals surface area contributed by atoms with Crippen molar-refractivity contribution in [3.8, 4) is 5.88 Å². The molecule has 0 saturated heterocycles. The lowest BCUT2D eigenvalue weighted by Gasteiger charge is -2.11. The summed E-state index contributed by atoms with van der Waals surface area (Å²) in [6.45, 7) is 9.33. The van der Waals surface area contributed by atoms with Gasteiger partial charge in [-0.1, -0.05) is 27.7 Å². The van der Waals surface area contributed by atoms with Gasteiger partial charge in [0.2, 0.25) is 5.88 Å². The number of hydrogen-bond donors (Lipinski definition) is 1. The number of anilines is 1. The largest absolute Gasteiger partial charge is 0.476 e. The third kappa shape index (κ3) is 5.63. The highest BCUT2D eigenvalue weighted by atomic mass is 32.2. The molecular formula is C14H24N2OS. The van der Waals surface area contributed by atoms with Gasteiger partial charge < -0.3 is 10.5 Å². The Hall–Kier alpha value is -0.900. The zero-order valence-corrected chi connectivity index (χ0v) is 12.6. The van der Waals surface area contributed by atoms with E-state index in [0.717, 1.165) is 16.7 Å². The Balaban J connectivity index is 2.56. The molecule has 0 aromatic carbocycles. The molecule has 1 aromatic rings. The molecule has 0 aliphatic carbocycles. The van der Waals surface area contributed by atoms with Gasteiger partial charge >= 0.3 is 0 Å². The topological polar surface area (TPSA) is 48.1 Å². The summed E-state index contributed by atoms with van der Waals surface area (Å²) in [5, 5.41) is 0.989. The van der Waals surface area contributed by atoms with Gasteiger partial charge in [0.1, 0.15) is 5.03 Å². The van der Waals surface area contributed by atoms with Crippen molar-refractivity contribution in [2.75, 3.05) is 18.1 Å². The fourth-order valence-corrected chi connectivity index (χ4v) is 2.39. The van der Waals surface area contributed by atoms with Gasteiger partial charge in [0, 0.05) is 0 Å². The Morgan fingerprint density at radius 3 is 2.56 bits per heavy atom. The molecule has 0 aliphatic rings. The number of hydrogen-bond acceptors (Lipinski definition) is 4. The molecule has 0 fully saturated rings. The van der Waals surface area contributed by atoms with E-state index < -0.39 is 0 Å². The maximum absolute atomic E-state index is 5.86. The van der Waals surface area contributed by atoms with Crippen molar-refractivity contribution in [1.82, 2.24) is 4.98 Å². The van der Waals surface area contributed by atoms with E-state index in [1.807, 2.05) is 12.1 Å². The van der Waals surface area contributed by atoms with Crippen LogP contribution in [0.25, 0.3) is 0 Å². The fraction of sp³-hybridized carbons (Fsp3) is 0.643. The molecule has 3 nitrogen and oxygen atoms in total. The van der Waals surface area contributed by atoms with Crippen LogP contribution in [-0.2, 0) is 0 Å². The zero-order valence-electron chi connectivity index (χ0n) is 11.8. The second kappa shape index (κ2) is 7.52. The number of ether oxygens (including phenoxy) is 1. The first kappa shape index (κ1) is 15.2. The summed E-state index contributed by atoms with van der Waals surface area (Å²) in [6, 6.07) is 3.84. The van der Waals surface area contributed by atoms with Crippen LogP contribution in [0, 0.1) is 11.8 Å². The van der Waals surface area contributed by atoms with E-state index in [-0.39, 0.29) is 0 Å². The van der Waals surface area contributed by atoms with E-state index in [0.29, 0.717) is 24.1 Å². The normalized spacial score (nSPS) is 11.2. The lowest BCUT2D eigenvalue weighted by Crippen LogP contribution is -2.07. The standard InChI is InChI=1S/C14H24N2OS/c1-10(2)7-8-18-13-6-5-12(15)14(16-13)17-9-11(3)4/h5-6,10-11H,7-9,15H2,1-4H3. The maximum Gasteiger partial charge on any atom is 0.238 e. The number of thioether (sulfide) groups is 1. The van der Waals surface area contributed by atoms with Crippen LogP contribution in [0.2, 0.25) is 0 Å². The Labute approximate surface area is 115 Å². The molecule has 0 bridgehead atoms. The van der Waals surface area contributed by atoms with Gasteiger partial charge in [0.15, 0.2) is 0 Å². The highest BCUT2D eigenvalue weighted by Crippen LogP contribution is 2.25. The highest BCUT2D eigenvalue weighted by Gasteiger charge is 2.06. The second-order valence-corrected chi connectivity index (χ2v) is 6.39. The minimum absolute atomic E-state index is 0.475. The molecule has 0 radical (unpaired) electrons. The van der Waals surface area contributed by atoms with Crippen LogP contribution in [0.1, 0.15) is 34.1 Å². The molecule has 18 heavy (non-hydrogen) atoms. The molecule has 1 aromatic heterocycles. The molecule has 0 unspecified atom stereocenters. The van der Waals surface area contributed by atoms with Crippen molar-refractivity contribution in [2.45, 2.75) is 39.1 Å². The monoisotopic (exact) mass is 268 g/mol. The Morgan fingerprint density at radius 2 is 1.94 bits per heavy atom. The second-order valence-electron chi connectivity index (χ2n) is 5.28. The number of aromatic nitrogens is 1. The number of nitrogens with zero attached hydrogens (tertiary/aromatic N) is 1. The van der Waals surface area contributed by atoms with Crippen LogP contribution in [-0.4, -0.2) is 17.3 Å². The van der Waals surface area contributed by atoms with Crippen LogP contribution in [0.3, 0.4) is 0 Å². The van der Waals surface area contributed by atoms with Gasteiger partial charge in [0.25, 0.3) is 0 Å². The molecule has 2 N–H and O–H groups in total. The molecule has 1 heterocycles.